The van der Waals surface area contributed by atoms with Crippen LogP contribution < -0.4 is 0 Å². The third-order valence-electron chi connectivity index (χ3n) is 11.4. The highest BCUT2D eigenvalue weighted by Crippen LogP contribution is 2.71. The van der Waals surface area contributed by atoms with Gasteiger partial charge in [0.25, 0.3) is 0 Å². The van der Waals surface area contributed by atoms with Crippen molar-refractivity contribution >= 4 is 0 Å². The third-order valence-corrected chi connectivity index (χ3v) is 11.4. The summed E-state index contributed by atoms with van der Waals surface area (Å²) in [7, 11) is 0. The largest absolute Gasteiger partial charge is 0.509 e. The summed E-state index contributed by atoms with van der Waals surface area (Å²) in [6, 6.07) is 0. The summed E-state index contributed by atoms with van der Waals surface area (Å²) in [6.07, 6.45) is 13.0. The Bertz CT molecular complexity index is 706. The van der Waals surface area contributed by atoms with Crippen molar-refractivity contribution in [3.8, 4) is 0 Å². The lowest BCUT2D eigenvalue weighted by Gasteiger charge is -2.64. The molecule has 0 spiro atoms. The van der Waals surface area contributed by atoms with Gasteiger partial charge in [0.1, 0.15) is 11.5 Å². The molecule has 4 rings (SSSR count). The zero-order chi connectivity index (χ0) is 22.8. The van der Waals surface area contributed by atoms with Crippen LogP contribution in [0.1, 0.15) is 113 Å². The molecule has 0 aromatic carbocycles. The van der Waals surface area contributed by atoms with E-state index in [1.54, 1.807) is 0 Å². The normalized spacial score (nSPS) is 45.2. The highest BCUT2D eigenvalue weighted by Gasteiger charge is 2.64. The first-order valence-electron chi connectivity index (χ1n) is 13.5. The molecule has 0 heterocycles. The van der Waals surface area contributed by atoms with Crippen molar-refractivity contribution in [1.29, 1.82) is 0 Å². The molecule has 4 aliphatic rings. The number of aliphatic hydroxyl groups excluding tert-OH is 2. The lowest BCUT2D eigenvalue weighted by atomic mass is 9.41. The molecule has 178 valence electrons. The Labute approximate surface area is 192 Å². The van der Waals surface area contributed by atoms with E-state index in [1.807, 2.05) is 0 Å². The summed E-state index contributed by atoms with van der Waals surface area (Å²) >= 11 is 0. The van der Waals surface area contributed by atoms with Crippen molar-refractivity contribution in [3.63, 3.8) is 0 Å². The van der Waals surface area contributed by atoms with Crippen molar-refractivity contribution in [2.75, 3.05) is 0 Å². The molecule has 8 atom stereocenters. The van der Waals surface area contributed by atoms with Gasteiger partial charge in [-0.25, -0.2) is 0 Å². The predicted octanol–water partition coefficient (Wildman–Crippen LogP) is 8.68. The van der Waals surface area contributed by atoms with Gasteiger partial charge in [-0.15, -0.1) is 0 Å². The molecule has 0 amide bonds. The molecule has 2 nitrogen and oxygen atoms in total. The van der Waals surface area contributed by atoms with Crippen LogP contribution in [0.4, 0.5) is 0 Å². The van der Waals surface area contributed by atoms with E-state index in [0.29, 0.717) is 23.7 Å². The first-order chi connectivity index (χ1) is 14.4. The number of fused-ring (bicyclic) bond motifs is 5. The highest BCUT2D eigenvalue weighted by atomic mass is 16.3. The number of hydrogen-bond acceptors (Lipinski definition) is 2. The molecular weight excluding hydrogens is 380 g/mol. The van der Waals surface area contributed by atoms with E-state index >= 15 is 0 Å². The summed E-state index contributed by atoms with van der Waals surface area (Å²) in [5, 5.41) is 21.4. The second-order valence-electron chi connectivity index (χ2n) is 13.7. The van der Waals surface area contributed by atoms with Crippen LogP contribution in [0.5, 0.6) is 0 Å². The number of hydrogen-bond donors (Lipinski definition) is 2. The summed E-state index contributed by atoms with van der Waals surface area (Å²) in [4.78, 5) is 0. The fraction of sp³-hybridized carbons (Fsp3) is 0.931. The van der Waals surface area contributed by atoms with Gasteiger partial charge in [-0.05, 0) is 90.8 Å². The first kappa shape index (κ1) is 23.5. The Hall–Kier alpha value is -0.660. The molecular formula is C29H50O2. The van der Waals surface area contributed by atoms with Crippen LogP contribution in [0.3, 0.4) is 0 Å². The van der Waals surface area contributed by atoms with Gasteiger partial charge in [-0.2, -0.15) is 0 Å². The van der Waals surface area contributed by atoms with Gasteiger partial charge in [0.15, 0.2) is 0 Å². The van der Waals surface area contributed by atoms with E-state index in [4.69, 9.17) is 0 Å². The molecule has 0 radical (unpaired) electrons. The fourth-order valence-corrected chi connectivity index (χ4v) is 9.80. The van der Waals surface area contributed by atoms with Crippen LogP contribution in [0.25, 0.3) is 0 Å². The van der Waals surface area contributed by atoms with Crippen molar-refractivity contribution in [2.45, 2.75) is 113 Å². The van der Waals surface area contributed by atoms with E-state index in [1.165, 1.54) is 57.8 Å². The second kappa shape index (κ2) is 7.98. The first-order valence-corrected chi connectivity index (χ1v) is 13.5. The molecule has 2 N–H and O–H groups in total. The minimum atomic E-state index is -0.303. The smallest absolute Gasteiger partial charge is 0.135 e. The molecule has 31 heavy (non-hydrogen) atoms. The predicted molar refractivity (Wildman–Crippen MR) is 130 cm³/mol. The summed E-state index contributed by atoms with van der Waals surface area (Å²) < 4.78 is 0. The molecule has 0 aromatic heterocycles. The van der Waals surface area contributed by atoms with Crippen molar-refractivity contribution < 1.29 is 10.2 Å². The molecule has 1 unspecified atom stereocenters. The topological polar surface area (TPSA) is 40.5 Å². The lowest BCUT2D eigenvalue weighted by molar-refractivity contribution is -0.146. The Balaban J connectivity index is 1.54. The van der Waals surface area contributed by atoms with E-state index < -0.39 is 0 Å². The number of rotatable bonds is 5. The minimum absolute atomic E-state index is 0.123. The number of aliphatic hydroxyl groups is 2. The van der Waals surface area contributed by atoms with Gasteiger partial charge in [-0.3, -0.25) is 0 Å². The molecule has 0 aliphatic heterocycles. The maximum Gasteiger partial charge on any atom is 0.135 e. The quantitative estimate of drug-likeness (QED) is 0.458. The molecule has 3 saturated carbocycles. The maximum atomic E-state index is 10.7. The van der Waals surface area contributed by atoms with Crippen LogP contribution >= 0.6 is 0 Å². The van der Waals surface area contributed by atoms with Gasteiger partial charge >= 0.3 is 0 Å². The lowest BCUT2D eigenvalue weighted by Crippen LogP contribution is -2.57. The van der Waals surface area contributed by atoms with Crippen LogP contribution in [0, 0.1) is 57.7 Å². The maximum absolute atomic E-state index is 10.7. The molecule has 4 aliphatic carbocycles. The Morgan fingerprint density at radius 1 is 0.806 bits per heavy atom. The molecule has 2 heteroatoms. The van der Waals surface area contributed by atoms with Crippen LogP contribution in [-0.4, -0.2) is 10.2 Å². The van der Waals surface area contributed by atoms with Crippen LogP contribution in [0.2, 0.25) is 0 Å². The zero-order valence-corrected chi connectivity index (χ0v) is 21.5. The van der Waals surface area contributed by atoms with Crippen molar-refractivity contribution in [3.05, 3.63) is 11.5 Å². The summed E-state index contributed by atoms with van der Waals surface area (Å²) in [5.74, 6) is 6.03. The second-order valence-corrected chi connectivity index (χ2v) is 13.7. The SMILES string of the molecule is CC(C)CCC[C@@H](C)[C@H]1CC[C@@]2(C)[C@@H]1CC[C@H]1[C@H]2CCC2C(C)(C)C(O)=C(O)C[C@@]21C. The van der Waals surface area contributed by atoms with E-state index in [0.717, 1.165) is 29.6 Å². The van der Waals surface area contributed by atoms with Crippen molar-refractivity contribution in [1.82, 2.24) is 0 Å². The van der Waals surface area contributed by atoms with E-state index in [2.05, 4.69) is 48.5 Å². The summed E-state index contributed by atoms with van der Waals surface area (Å²) in [6.45, 7) is 16.7. The Morgan fingerprint density at radius 2 is 1.42 bits per heavy atom. The number of allylic oxidation sites excluding steroid dienone is 2. The Kier molecular flexibility index (Phi) is 6.05. The Morgan fingerprint density at radius 3 is 2.10 bits per heavy atom. The molecule has 0 aromatic rings. The standard InChI is InChI=1S/C29H50O2/c1-18(2)9-8-10-19(3)20-15-16-28(6)21(20)11-12-23-22(28)13-14-25-27(4,5)26(31)24(30)17-29(23,25)7/h18-23,25,30-31H,8-17H2,1-7H3/t19-,20-,21-,22-,23+,25?,28+,29-/m1/s1. The monoisotopic (exact) mass is 430 g/mol. The van der Waals surface area contributed by atoms with E-state index in [9.17, 15) is 10.2 Å². The van der Waals surface area contributed by atoms with Gasteiger partial charge in [0.05, 0.1) is 0 Å². The summed E-state index contributed by atoms with van der Waals surface area (Å²) in [5.41, 5.74) is 0.303. The average molecular weight is 431 g/mol. The molecule has 0 bridgehead atoms. The molecule has 0 saturated heterocycles. The van der Waals surface area contributed by atoms with Gasteiger partial charge < -0.3 is 10.2 Å². The fourth-order valence-electron chi connectivity index (χ4n) is 9.80. The minimum Gasteiger partial charge on any atom is -0.509 e. The average Bonchev–Trinajstić information content (AvgIpc) is 3.03. The van der Waals surface area contributed by atoms with Crippen LogP contribution in [-0.2, 0) is 0 Å². The van der Waals surface area contributed by atoms with Gasteiger partial charge in [0, 0.05) is 11.8 Å². The zero-order valence-electron chi connectivity index (χ0n) is 21.5. The van der Waals surface area contributed by atoms with Gasteiger partial charge in [-0.1, -0.05) is 67.7 Å². The van der Waals surface area contributed by atoms with Crippen molar-refractivity contribution in [2.24, 2.45) is 57.7 Å². The van der Waals surface area contributed by atoms with E-state index in [-0.39, 0.29) is 22.3 Å². The van der Waals surface area contributed by atoms with Crippen LogP contribution in [0.15, 0.2) is 11.5 Å². The highest BCUT2D eigenvalue weighted by molar-refractivity contribution is 5.23. The molecule has 3 fully saturated rings. The van der Waals surface area contributed by atoms with Gasteiger partial charge in [0.2, 0.25) is 0 Å². The third kappa shape index (κ3) is 3.57.